The summed E-state index contributed by atoms with van der Waals surface area (Å²) in [4.78, 5) is 13.1. The van der Waals surface area contributed by atoms with E-state index in [0.29, 0.717) is 17.1 Å². The molecule has 0 radical (unpaired) electrons. The van der Waals surface area contributed by atoms with Crippen molar-refractivity contribution in [3.05, 3.63) is 63.6 Å². The number of hydrogen-bond donors (Lipinski definition) is 1. The minimum atomic E-state index is -0.142. The summed E-state index contributed by atoms with van der Waals surface area (Å²) in [5.41, 5.74) is 1.55. The van der Waals surface area contributed by atoms with Gasteiger partial charge in [0.05, 0.1) is 10.6 Å². The maximum atomic E-state index is 12.0. The zero-order valence-electron chi connectivity index (χ0n) is 11.5. The van der Waals surface area contributed by atoms with Crippen molar-refractivity contribution < 1.29 is 4.79 Å². The number of thioether (sulfide) groups is 1. The van der Waals surface area contributed by atoms with Crippen molar-refractivity contribution in [2.45, 2.75) is 11.8 Å². The molecule has 0 saturated carbocycles. The third-order valence-corrected chi connectivity index (χ3v) is 4.42. The van der Waals surface area contributed by atoms with Gasteiger partial charge in [-0.05, 0) is 48.9 Å². The molecule has 0 aliphatic heterocycles. The van der Waals surface area contributed by atoms with Crippen molar-refractivity contribution in [1.82, 2.24) is 5.32 Å². The summed E-state index contributed by atoms with van der Waals surface area (Å²) >= 11 is 13.6. The zero-order chi connectivity index (χ0) is 15.2. The van der Waals surface area contributed by atoms with Crippen molar-refractivity contribution in [3.8, 4) is 0 Å². The number of carbonyl (C=O) groups is 1. The smallest absolute Gasteiger partial charge is 0.252 e. The van der Waals surface area contributed by atoms with E-state index >= 15 is 0 Å². The lowest BCUT2D eigenvalue weighted by atomic mass is 10.1. The van der Waals surface area contributed by atoms with Gasteiger partial charge in [-0.1, -0.05) is 29.3 Å². The van der Waals surface area contributed by atoms with Crippen LogP contribution in [0.4, 0.5) is 0 Å². The van der Waals surface area contributed by atoms with Crippen LogP contribution in [-0.2, 0) is 0 Å². The fraction of sp³-hybridized carbons (Fsp3) is 0.188. The summed E-state index contributed by atoms with van der Waals surface area (Å²) in [6.45, 7) is 2.52. The molecule has 0 saturated heterocycles. The van der Waals surface area contributed by atoms with Crippen molar-refractivity contribution in [2.75, 3.05) is 12.3 Å². The predicted molar refractivity (Wildman–Crippen MR) is 90.7 cm³/mol. The molecule has 0 aliphatic carbocycles. The van der Waals surface area contributed by atoms with Crippen LogP contribution in [0, 0.1) is 6.92 Å². The Bertz CT molecular complexity index is 629. The quantitative estimate of drug-likeness (QED) is 0.624. The Kier molecular flexibility index (Phi) is 5.97. The third kappa shape index (κ3) is 4.95. The van der Waals surface area contributed by atoms with Crippen LogP contribution < -0.4 is 5.32 Å². The van der Waals surface area contributed by atoms with Gasteiger partial charge in [0.1, 0.15) is 0 Å². The monoisotopic (exact) mass is 339 g/mol. The molecule has 0 fully saturated rings. The second kappa shape index (κ2) is 7.74. The number of hydrogen-bond acceptors (Lipinski definition) is 2. The standard InChI is InChI=1S/C16H15Cl2NOS/c1-11-2-7-14(15(18)10-11)16(20)19-8-9-21-13-5-3-12(17)4-6-13/h2-7,10H,8-9H2,1H3,(H,19,20). The molecule has 2 nitrogen and oxygen atoms in total. The maximum absolute atomic E-state index is 12.0. The van der Waals surface area contributed by atoms with E-state index < -0.39 is 0 Å². The number of benzene rings is 2. The average molecular weight is 340 g/mol. The molecule has 0 atom stereocenters. The van der Waals surface area contributed by atoms with Crippen LogP contribution in [0.15, 0.2) is 47.4 Å². The van der Waals surface area contributed by atoms with Crippen LogP contribution in [0.1, 0.15) is 15.9 Å². The van der Waals surface area contributed by atoms with E-state index in [-0.39, 0.29) is 5.91 Å². The van der Waals surface area contributed by atoms with Gasteiger partial charge in [0, 0.05) is 22.2 Å². The average Bonchev–Trinajstić information content (AvgIpc) is 2.45. The van der Waals surface area contributed by atoms with E-state index in [2.05, 4.69) is 5.32 Å². The highest BCUT2D eigenvalue weighted by molar-refractivity contribution is 7.99. The molecule has 21 heavy (non-hydrogen) atoms. The van der Waals surface area contributed by atoms with Gasteiger partial charge in [0.25, 0.3) is 5.91 Å². The first-order valence-corrected chi connectivity index (χ1v) is 8.23. The SMILES string of the molecule is Cc1ccc(C(=O)NCCSc2ccc(Cl)cc2)c(Cl)c1. The van der Waals surface area contributed by atoms with E-state index in [9.17, 15) is 4.79 Å². The lowest BCUT2D eigenvalue weighted by Gasteiger charge is -2.07. The summed E-state index contributed by atoms with van der Waals surface area (Å²) in [5, 5.41) is 4.08. The first-order valence-electron chi connectivity index (χ1n) is 6.49. The van der Waals surface area contributed by atoms with Crippen molar-refractivity contribution in [3.63, 3.8) is 0 Å². The maximum Gasteiger partial charge on any atom is 0.252 e. The van der Waals surface area contributed by atoms with Gasteiger partial charge in [-0.3, -0.25) is 4.79 Å². The summed E-state index contributed by atoms with van der Waals surface area (Å²) in [6.07, 6.45) is 0. The number of nitrogens with one attached hydrogen (secondary N) is 1. The molecule has 0 unspecified atom stereocenters. The molecule has 0 aliphatic rings. The lowest BCUT2D eigenvalue weighted by molar-refractivity contribution is 0.0956. The highest BCUT2D eigenvalue weighted by Gasteiger charge is 2.09. The molecular formula is C16H15Cl2NOS. The molecule has 0 heterocycles. The van der Waals surface area contributed by atoms with Crippen molar-refractivity contribution >= 4 is 40.9 Å². The summed E-state index contributed by atoms with van der Waals surface area (Å²) in [6, 6.07) is 13.1. The molecule has 1 amide bonds. The van der Waals surface area contributed by atoms with Gasteiger partial charge in [0.2, 0.25) is 0 Å². The van der Waals surface area contributed by atoms with E-state index in [0.717, 1.165) is 21.2 Å². The Labute approximate surface area is 138 Å². The van der Waals surface area contributed by atoms with Gasteiger partial charge in [-0.15, -0.1) is 11.8 Å². The van der Waals surface area contributed by atoms with E-state index in [1.54, 1.807) is 23.9 Å². The molecule has 0 aromatic heterocycles. The number of amides is 1. The normalized spacial score (nSPS) is 10.4. The van der Waals surface area contributed by atoms with Crippen LogP contribution >= 0.6 is 35.0 Å². The second-order valence-corrected chi connectivity index (χ2v) is 6.55. The molecule has 2 rings (SSSR count). The van der Waals surface area contributed by atoms with E-state index in [1.807, 2.05) is 37.3 Å². The molecule has 1 N–H and O–H groups in total. The van der Waals surface area contributed by atoms with Crippen LogP contribution in [-0.4, -0.2) is 18.2 Å². The van der Waals surface area contributed by atoms with Gasteiger partial charge in [-0.25, -0.2) is 0 Å². The number of aryl methyl sites for hydroxylation is 1. The minimum absolute atomic E-state index is 0.142. The fourth-order valence-electron chi connectivity index (χ4n) is 1.76. The Balaban J connectivity index is 1.80. The summed E-state index contributed by atoms with van der Waals surface area (Å²) in [7, 11) is 0. The first kappa shape index (κ1) is 16.2. The van der Waals surface area contributed by atoms with Crippen LogP contribution in [0.5, 0.6) is 0 Å². The van der Waals surface area contributed by atoms with Gasteiger partial charge < -0.3 is 5.32 Å². The first-order chi connectivity index (χ1) is 10.1. The third-order valence-electron chi connectivity index (χ3n) is 2.84. The molecule has 2 aromatic rings. The van der Waals surface area contributed by atoms with Crippen molar-refractivity contribution in [2.24, 2.45) is 0 Å². The largest absolute Gasteiger partial charge is 0.351 e. The highest BCUT2D eigenvalue weighted by atomic mass is 35.5. The Morgan fingerprint density at radius 3 is 2.52 bits per heavy atom. The molecule has 110 valence electrons. The fourth-order valence-corrected chi connectivity index (χ4v) is 2.98. The van der Waals surface area contributed by atoms with Crippen LogP contribution in [0.2, 0.25) is 10.0 Å². The molecular weight excluding hydrogens is 325 g/mol. The van der Waals surface area contributed by atoms with Gasteiger partial charge >= 0.3 is 0 Å². The molecule has 2 aromatic carbocycles. The summed E-state index contributed by atoms with van der Waals surface area (Å²) in [5.74, 6) is 0.647. The van der Waals surface area contributed by atoms with Crippen molar-refractivity contribution in [1.29, 1.82) is 0 Å². The van der Waals surface area contributed by atoms with Gasteiger partial charge in [0.15, 0.2) is 0 Å². The highest BCUT2D eigenvalue weighted by Crippen LogP contribution is 2.20. The second-order valence-electron chi connectivity index (χ2n) is 4.54. The molecule has 0 spiro atoms. The Morgan fingerprint density at radius 1 is 1.14 bits per heavy atom. The van der Waals surface area contributed by atoms with Crippen LogP contribution in [0.25, 0.3) is 0 Å². The Hall–Kier alpha value is -1.16. The van der Waals surface area contributed by atoms with Gasteiger partial charge in [-0.2, -0.15) is 0 Å². The zero-order valence-corrected chi connectivity index (χ0v) is 13.9. The summed E-state index contributed by atoms with van der Waals surface area (Å²) < 4.78 is 0. The number of rotatable bonds is 5. The topological polar surface area (TPSA) is 29.1 Å². The predicted octanol–water partition coefficient (Wildman–Crippen LogP) is 4.82. The van der Waals surface area contributed by atoms with E-state index in [4.69, 9.17) is 23.2 Å². The lowest BCUT2D eigenvalue weighted by Crippen LogP contribution is -2.26. The number of halogens is 2. The number of carbonyl (C=O) groups excluding carboxylic acids is 1. The molecule has 0 bridgehead atoms. The van der Waals surface area contributed by atoms with Crippen LogP contribution in [0.3, 0.4) is 0 Å². The minimum Gasteiger partial charge on any atom is -0.351 e. The van der Waals surface area contributed by atoms with E-state index in [1.165, 1.54) is 0 Å². The Morgan fingerprint density at radius 2 is 1.86 bits per heavy atom. The molecule has 5 heteroatoms.